The Morgan fingerprint density at radius 3 is 2.48 bits per heavy atom. The molecule has 0 bridgehead atoms. The van der Waals surface area contributed by atoms with E-state index in [2.05, 4.69) is 6.07 Å². The van der Waals surface area contributed by atoms with E-state index in [1.165, 1.54) is 6.07 Å². The molecule has 0 aliphatic carbocycles. The third kappa shape index (κ3) is 3.87. The Labute approximate surface area is 176 Å². The zero-order valence-corrected chi connectivity index (χ0v) is 16.8. The van der Waals surface area contributed by atoms with Gasteiger partial charge in [0.25, 0.3) is 0 Å². The molecule has 3 aromatic rings. The summed E-state index contributed by atoms with van der Waals surface area (Å²) in [5.74, 6) is -0.195. The topological polar surface area (TPSA) is 110 Å². The fraction of sp³-hybridized carbons (Fsp3) is 0.333. The monoisotopic (exact) mass is 436 g/mol. The molecule has 29 heavy (non-hydrogen) atoms. The Hall–Kier alpha value is -1.71. The van der Waals surface area contributed by atoms with E-state index in [1.807, 2.05) is 24.3 Å². The summed E-state index contributed by atoms with van der Waals surface area (Å²) in [6, 6.07) is 13.1. The summed E-state index contributed by atoms with van der Waals surface area (Å²) in [6.07, 6.45) is -6.12. The molecule has 8 heteroatoms. The van der Waals surface area contributed by atoms with Gasteiger partial charge in [-0.2, -0.15) is 0 Å². The minimum Gasteiger partial charge on any atom is -0.508 e. The highest BCUT2D eigenvalue weighted by Crippen LogP contribution is 2.40. The van der Waals surface area contributed by atoms with Crippen LogP contribution in [0.2, 0.25) is 5.02 Å². The summed E-state index contributed by atoms with van der Waals surface area (Å²) in [4.78, 5) is 1.08. The van der Waals surface area contributed by atoms with E-state index >= 15 is 0 Å². The van der Waals surface area contributed by atoms with Crippen molar-refractivity contribution in [3.63, 3.8) is 0 Å². The molecule has 0 radical (unpaired) electrons. The second-order valence-electron chi connectivity index (χ2n) is 7.18. The first-order chi connectivity index (χ1) is 13.9. The first kappa shape index (κ1) is 20.6. The number of thiophene rings is 1. The lowest BCUT2D eigenvalue weighted by atomic mass is 9.90. The number of ether oxygens (including phenoxy) is 1. The smallest absolute Gasteiger partial charge is 0.122 e. The lowest BCUT2D eigenvalue weighted by Gasteiger charge is -2.40. The van der Waals surface area contributed by atoms with Gasteiger partial charge in [-0.3, -0.25) is 0 Å². The molecule has 2 aromatic carbocycles. The number of hydrogen-bond donors (Lipinski definition) is 5. The summed E-state index contributed by atoms with van der Waals surface area (Å²) in [5.41, 5.74) is 0.963. The molecule has 154 valence electrons. The maximum Gasteiger partial charge on any atom is 0.122 e. The van der Waals surface area contributed by atoms with Gasteiger partial charge in [-0.05, 0) is 35.2 Å². The summed E-state index contributed by atoms with van der Waals surface area (Å²) in [7, 11) is 0. The van der Waals surface area contributed by atoms with Gasteiger partial charge >= 0.3 is 0 Å². The summed E-state index contributed by atoms with van der Waals surface area (Å²) in [6.45, 7) is -0.537. The number of rotatable bonds is 4. The summed E-state index contributed by atoms with van der Waals surface area (Å²) in [5, 5.41) is 51.7. The number of fused-ring (bicyclic) bond motifs is 1. The van der Waals surface area contributed by atoms with E-state index in [0.717, 1.165) is 20.5 Å². The number of phenols is 1. The van der Waals surface area contributed by atoms with Crippen LogP contribution in [0.1, 0.15) is 22.1 Å². The van der Waals surface area contributed by atoms with Crippen LogP contribution in [0, 0.1) is 0 Å². The van der Waals surface area contributed by atoms with Crippen molar-refractivity contribution < 1.29 is 30.3 Å². The van der Waals surface area contributed by atoms with Crippen molar-refractivity contribution in [3.05, 3.63) is 63.5 Å². The Kier molecular flexibility index (Phi) is 5.81. The fourth-order valence-electron chi connectivity index (χ4n) is 3.66. The van der Waals surface area contributed by atoms with Crippen molar-refractivity contribution >= 4 is 33.0 Å². The van der Waals surface area contributed by atoms with E-state index in [9.17, 15) is 25.5 Å². The number of phenolic OH excluding ortho intramolecular Hbond substituents is 1. The molecule has 5 atom stereocenters. The van der Waals surface area contributed by atoms with E-state index in [4.69, 9.17) is 16.3 Å². The van der Waals surface area contributed by atoms with Crippen LogP contribution >= 0.6 is 22.9 Å². The van der Waals surface area contributed by atoms with Gasteiger partial charge in [0.15, 0.2) is 0 Å². The molecule has 1 aliphatic heterocycles. The lowest BCUT2D eigenvalue weighted by molar-refractivity contribution is -0.232. The average molecular weight is 437 g/mol. The molecule has 0 amide bonds. The first-order valence-electron chi connectivity index (χ1n) is 9.18. The van der Waals surface area contributed by atoms with Gasteiger partial charge in [0.05, 0.1) is 6.61 Å². The van der Waals surface area contributed by atoms with Gasteiger partial charge in [0.2, 0.25) is 0 Å². The SMILES string of the molecule is OC[C@H]1O[C@@H](c2cc(Cc3cc4ccccc4s3)c(Cl)cc2O)[C@H](O)[C@@H](O)[C@@H]1O. The van der Waals surface area contributed by atoms with Gasteiger partial charge in [0, 0.05) is 26.6 Å². The van der Waals surface area contributed by atoms with E-state index in [0.29, 0.717) is 11.4 Å². The Morgan fingerprint density at radius 2 is 1.76 bits per heavy atom. The number of aliphatic hydroxyl groups excluding tert-OH is 4. The minimum absolute atomic E-state index is 0.195. The molecule has 0 unspecified atom stereocenters. The van der Waals surface area contributed by atoms with E-state index < -0.39 is 37.1 Å². The van der Waals surface area contributed by atoms with Crippen LogP contribution in [0.15, 0.2) is 42.5 Å². The third-order valence-corrected chi connectivity index (χ3v) is 6.70. The highest BCUT2D eigenvalue weighted by atomic mass is 35.5. The molecule has 1 aromatic heterocycles. The minimum atomic E-state index is -1.52. The van der Waals surface area contributed by atoms with E-state index in [-0.39, 0.29) is 11.3 Å². The average Bonchev–Trinajstić information content (AvgIpc) is 3.11. The van der Waals surface area contributed by atoms with Crippen molar-refractivity contribution in [1.82, 2.24) is 0 Å². The predicted octanol–water partition coefficient (Wildman–Crippen LogP) is 2.37. The fourth-order valence-corrected chi connectivity index (χ4v) is 4.97. The molecular formula is C21H21ClO6S. The quantitative estimate of drug-likeness (QED) is 0.429. The van der Waals surface area contributed by atoms with Crippen LogP contribution in [0.5, 0.6) is 5.75 Å². The molecule has 5 N–H and O–H groups in total. The number of benzene rings is 2. The second-order valence-corrected chi connectivity index (χ2v) is 8.75. The Bertz CT molecular complexity index is 987. The Morgan fingerprint density at radius 1 is 1.00 bits per heavy atom. The second kappa shape index (κ2) is 8.20. The van der Waals surface area contributed by atoms with E-state index in [1.54, 1.807) is 17.4 Å². The van der Waals surface area contributed by atoms with Crippen LogP contribution in [-0.2, 0) is 11.2 Å². The number of aromatic hydroxyl groups is 1. The highest BCUT2D eigenvalue weighted by molar-refractivity contribution is 7.19. The predicted molar refractivity (Wildman–Crippen MR) is 110 cm³/mol. The highest BCUT2D eigenvalue weighted by Gasteiger charge is 2.44. The first-order valence-corrected chi connectivity index (χ1v) is 10.4. The normalized spacial score (nSPS) is 27.4. The summed E-state index contributed by atoms with van der Waals surface area (Å²) >= 11 is 7.99. The van der Waals surface area contributed by atoms with Crippen LogP contribution in [0.3, 0.4) is 0 Å². The van der Waals surface area contributed by atoms with Gasteiger partial charge in [-0.25, -0.2) is 0 Å². The van der Waals surface area contributed by atoms with Gasteiger partial charge < -0.3 is 30.3 Å². The molecule has 4 rings (SSSR count). The molecular weight excluding hydrogens is 416 g/mol. The van der Waals surface area contributed by atoms with Gasteiger partial charge in [-0.1, -0.05) is 29.8 Å². The number of halogens is 1. The summed E-state index contributed by atoms with van der Waals surface area (Å²) < 4.78 is 6.74. The zero-order chi connectivity index (χ0) is 20.7. The number of aliphatic hydroxyl groups is 4. The number of hydrogen-bond acceptors (Lipinski definition) is 7. The maximum atomic E-state index is 10.4. The molecule has 1 aliphatic rings. The molecule has 0 saturated carbocycles. The van der Waals surface area contributed by atoms with Crippen LogP contribution in [-0.4, -0.2) is 56.6 Å². The molecule has 2 heterocycles. The maximum absolute atomic E-state index is 10.4. The third-order valence-electron chi connectivity index (χ3n) is 5.24. The zero-order valence-electron chi connectivity index (χ0n) is 15.3. The van der Waals surface area contributed by atoms with Crippen LogP contribution in [0.25, 0.3) is 10.1 Å². The molecule has 1 fully saturated rings. The van der Waals surface area contributed by atoms with Gasteiger partial charge in [0.1, 0.15) is 36.3 Å². The van der Waals surface area contributed by atoms with Crippen molar-refractivity contribution in [2.24, 2.45) is 0 Å². The molecule has 6 nitrogen and oxygen atoms in total. The van der Waals surface area contributed by atoms with Crippen molar-refractivity contribution in [3.8, 4) is 5.75 Å². The van der Waals surface area contributed by atoms with Crippen molar-refractivity contribution in [2.75, 3.05) is 6.61 Å². The van der Waals surface area contributed by atoms with Crippen molar-refractivity contribution in [1.29, 1.82) is 0 Å². The van der Waals surface area contributed by atoms with Crippen molar-refractivity contribution in [2.45, 2.75) is 36.9 Å². The standard InChI is InChI=1S/C21H21ClO6S/c22-14-8-15(24)13(21-20(27)19(26)18(25)16(9-23)28-21)7-11(14)6-12-5-10-3-1-2-4-17(10)29-12/h1-5,7-8,16,18-21,23-27H,6,9H2/t16-,18-,19+,20-,21+/m1/s1. The largest absolute Gasteiger partial charge is 0.508 e. The lowest BCUT2D eigenvalue weighted by Crippen LogP contribution is -2.55. The van der Waals surface area contributed by atoms with Crippen LogP contribution in [0.4, 0.5) is 0 Å². The van der Waals surface area contributed by atoms with Gasteiger partial charge in [-0.15, -0.1) is 11.3 Å². The molecule has 0 spiro atoms. The molecule has 1 saturated heterocycles. The Balaban J connectivity index is 1.68. The van der Waals surface area contributed by atoms with Crippen LogP contribution < -0.4 is 0 Å².